The highest BCUT2D eigenvalue weighted by Gasteiger charge is 2.19. The van der Waals surface area contributed by atoms with E-state index in [1.54, 1.807) is 6.07 Å². The number of nitrogens with zero attached hydrogens (tertiary/aromatic N) is 3. The third-order valence-corrected chi connectivity index (χ3v) is 8.10. The molecule has 10 heteroatoms. The molecule has 3 heterocycles. The van der Waals surface area contributed by atoms with Gasteiger partial charge in [-0.1, -0.05) is 25.1 Å². The highest BCUT2D eigenvalue weighted by molar-refractivity contribution is 7.89. The summed E-state index contributed by atoms with van der Waals surface area (Å²) < 4.78 is 25.7. The lowest BCUT2D eigenvalue weighted by molar-refractivity contribution is 0.319. The van der Waals surface area contributed by atoms with E-state index in [0.717, 1.165) is 63.9 Å². The first-order chi connectivity index (χ1) is 17.4. The second-order valence-electron chi connectivity index (χ2n) is 8.96. The molecule has 0 atom stereocenters. The van der Waals surface area contributed by atoms with Crippen LogP contribution in [0.3, 0.4) is 0 Å². The Hall–Kier alpha value is -3.47. The standard InChI is InChI=1S/C26H30N6O3S/c1-3-17-14-20(33)5-7-21(17)19-4-6-22-23(15-19)30-31-25(22)26-28-16-24(29-26)18-8-10-32(11-9-18)12-13-36(34,35)27-2/h4-8,14-16,27,33H,3,9-13H2,1-2H3,(H,28,29)(H,30,31). The lowest BCUT2D eigenvalue weighted by Gasteiger charge is -2.25. The first-order valence-electron chi connectivity index (χ1n) is 12.1. The fourth-order valence-corrected chi connectivity index (χ4v) is 5.33. The summed E-state index contributed by atoms with van der Waals surface area (Å²) in [7, 11) is -1.76. The molecule has 0 saturated heterocycles. The van der Waals surface area contributed by atoms with E-state index >= 15 is 0 Å². The summed E-state index contributed by atoms with van der Waals surface area (Å²) in [6.45, 7) is 4.07. The summed E-state index contributed by atoms with van der Waals surface area (Å²) in [6.07, 6.45) is 5.66. The van der Waals surface area contributed by atoms with Crippen molar-refractivity contribution in [2.75, 3.05) is 32.4 Å². The molecule has 0 fully saturated rings. The second kappa shape index (κ2) is 9.88. The van der Waals surface area contributed by atoms with Crippen LogP contribution in [0.4, 0.5) is 0 Å². The number of phenols is 1. The SMILES string of the molecule is CCc1cc(O)ccc1-c1ccc2c(-c3nc(C4=CCN(CCS(=O)(=O)NC)CC4)c[nH]3)n[nH]c2c1. The van der Waals surface area contributed by atoms with Gasteiger partial charge in [-0.15, -0.1) is 0 Å². The number of rotatable bonds is 8. The van der Waals surface area contributed by atoms with Crippen molar-refractivity contribution in [1.29, 1.82) is 0 Å². The van der Waals surface area contributed by atoms with Crippen LogP contribution < -0.4 is 4.72 Å². The van der Waals surface area contributed by atoms with Gasteiger partial charge in [0.05, 0.1) is 17.0 Å². The topological polar surface area (TPSA) is 127 Å². The number of aromatic nitrogens is 4. The van der Waals surface area contributed by atoms with Gasteiger partial charge in [-0.05, 0) is 66.4 Å². The third kappa shape index (κ3) is 4.92. The van der Waals surface area contributed by atoms with Crippen molar-refractivity contribution in [2.24, 2.45) is 0 Å². The Bertz CT molecular complexity index is 1540. The fraction of sp³-hybridized carbons (Fsp3) is 0.308. The molecular formula is C26H30N6O3S. The molecule has 1 aliphatic heterocycles. The van der Waals surface area contributed by atoms with Crippen LogP contribution in [0.15, 0.2) is 48.7 Å². The maximum Gasteiger partial charge on any atom is 0.212 e. The highest BCUT2D eigenvalue weighted by Crippen LogP contribution is 2.32. The maximum absolute atomic E-state index is 11.7. The summed E-state index contributed by atoms with van der Waals surface area (Å²) in [4.78, 5) is 10.2. The number of nitrogens with one attached hydrogen (secondary N) is 3. The zero-order valence-corrected chi connectivity index (χ0v) is 21.2. The zero-order chi connectivity index (χ0) is 25.3. The summed E-state index contributed by atoms with van der Waals surface area (Å²) in [5, 5.41) is 18.5. The molecule has 0 radical (unpaired) electrons. The number of H-pyrrole nitrogens is 2. The van der Waals surface area contributed by atoms with Gasteiger partial charge in [0, 0.05) is 31.2 Å². The number of benzene rings is 2. The van der Waals surface area contributed by atoms with E-state index in [2.05, 4.69) is 56.0 Å². The predicted octanol–water partition coefficient (Wildman–Crippen LogP) is 3.53. The summed E-state index contributed by atoms with van der Waals surface area (Å²) >= 11 is 0. The van der Waals surface area contributed by atoms with E-state index in [1.165, 1.54) is 7.05 Å². The number of aromatic amines is 2. The molecular weight excluding hydrogens is 476 g/mol. The lowest BCUT2D eigenvalue weighted by atomic mass is 9.97. The zero-order valence-electron chi connectivity index (χ0n) is 20.4. The minimum Gasteiger partial charge on any atom is -0.508 e. The molecule has 0 amide bonds. The van der Waals surface area contributed by atoms with Gasteiger partial charge in [-0.25, -0.2) is 18.1 Å². The average Bonchev–Trinajstić information content (AvgIpc) is 3.54. The molecule has 4 aromatic rings. The van der Waals surface area contributed by atoms with Crippen molar-refractivity contribution < 1.29 is 13.5 Å². The first-order valence-corrected chi connectivity index (χ1v) is 13.7. The molecule has 0 spiro atoms. The number of aryl methyl sites for hydroxylation is 1. The Kier molecular flexibility index (Phi) is 6.65. The minimum atomic E-state index is -3.20. The largest absolute Gasteiger partial charge is 0.508 e. The monoisotopic (exact) mass is 506 g/mol. The quantitative estimate of drug-likeness (QED) is 0.290. The molecule has 0 aliphatic carbocycles. The van der Waals surface area contributed by atoms with Crippen molar-refractivity contribution in [3.05, 3.63) is 59.9 Å². The minimum absolute atomic E-state index is 0.0969. The number of sulfonamides is 1. The van der Waals surface area contributed by atoms with E-state index in [0.29, 0.717) is 18.9 Å². The van der Waals surface area contributed by atoms with Crippen molar-refractivity contribution in [2.45, 2.75) is 19.8 Å². The highest BCUT2D eigenvalue weighted by atomic mass is 32.2. The van der Waals surface area contributed by atoms with E-state index < -0.39 is 10.0 Å². The molecule has 4 N–H and O–H groups in total. The number of fused-ring (bicyclic) bond motifs is 1. The number of hydrogen-bond acceptors (Lipinski definition) is 6. The Balaban J connectivity index is 1.34. The molecule has 1 aliphatic rings. The summed E-state index contributed by atoms with van der Waals surface area (Å²) in [5.74, 6) is 1.07. The number of aromatic hydroxyl groups is 1. The lowest BCUT2D eigenvalue weighted by Crippen LogP contribution is -2.35. The molecule has 0 saturated carbocycles. The van der Waals surface area contributed by atoms with Gasteiger partial charge in [0.1, 0.15) is 11.4 Å². The predicted molar refractivity (Wildman–Crippen MR) is 142 cm³/mol. The molecule has 0 bridgehead atoms. The van der Waals surface area contributed by atoms with Gasteiger partial charge in [0.15, 0.2) is 5.82 Å². The molecule has 36 heavy (non-hydrogen) atoms. The Morgan fingerprint density at radius 1 is 1.19 bits per heavy atom. The van der Waals surface area contributed by atoms with Gasteiger partial charge >= 0.3 is 0 Å². The number of hydrogen-bond donors (Lipinski definition) is 4. The van der Waals surface area contributed by atoms with Gasteiger partial charge in [-0.2, -0.15) is 5.10 Å². The summed E-state index contributed by atoms with van der Waals surface area (Å²) in [5.41, 5.74) is 6.96. The van der Waals surface area contributed by atoms with Crippen LogP contribution in [0.5, 0.6) is 5.75 Å². The van der Waals surface area contributed by atoms with Crippen LogP contribution in [-0.4, -0.2) is 71.0 Å². The van der Waals surface area contributed by atoms with Crippen molar-refractivity contribution in [3.8, 4) is 28.4 Å². The van der Waals surface area contributed by atoms with Crippen LogP contribution in [0.25, 0.3) is 39.1 Å². The van der Waals surface area contributed by atoms with Crippen LogP contribution >= 0.6 is 0 Å². The molecule has 5 rings (SSSR count). The molecule has 9 nitrogen and oxygen atoms in total. The third-order valence-electron chi connectivity index (χ3n) is 6.76. The van der Waals surface area contributed by atoms with E-state index in [9.17, 15) is 13.5 Å². The van der Waals surface area contributed by atoms with Crippen LogP contribution in [0.1, 0.15) is 24.6 Å². The van der Waals surface area contributed by atoms with Crippen molar-refractivity contribution in [1.82, 2.24) is 29.8 Å². The molecule has 0 unspecified atom stereocenters. The van der Waals surface area contributed by atoms with Crippen LogP contribution in [0, 0.1) is 0 Å². The van der Waals surface area contributed by atoms with Gasteiger partial charge in [0.25, 0.3) is 0 Å². The van der Waals surface area contributed by atoms with Crippen molar-refractivity contribution in [3.63, 3.8) is 0 Å². The Labute approximate surface area is 210 Å². The Morgan fingerprint density at radius 2 is 2.06 bits per heavy atom. The summed E-state index contributed by atoms with van der Waals surface area (Å²) in [6, 6.07) is 11.7. The van der Waals surface area contributed by atoms with Crippen LogP contribution in [0.2, 0.25) is 0 Å². The van der Waals surface area contributed by atoms with Gasteiger partial charge < -0.3 is 10.1 Å². The van der Waals surface area contributed by atoms with Crippen molar-refractivity contribution >= 4 is 26.5 Å². The molecule has 2 aromatic heterocycles. The number of imidazole rings is 1. The smallest absolute Gasteiger partial charge is 0.212 e. The van der Waals surface area contributed by atoms with E-state index in [1.807, 2.05) is 18.3 Å². The normalized spacial score (nSPS) is 14.9. The molecule has 2 aromatic carbocycles. The Morgan fingerprint density at radius 3 is 2.81 bits per heavy atom. The fourth-order valence-electron chi connectivity index (χ4n) is 4.63. The first kappa shape index (κ1) is 24.2. The van der Waals surface area contributed by atoms with Gasteiger partial charge in [-0.3, -0.25) is 10.00 Å². The average molecular weight is 507 g/mol. The molecule has 188 valence electrons. The van der Waals surface area contributed by atoms with Gasteiger partial charge in [0.2, 0.25) is 10.0 Å². The van der Waals surface area contributed by atoms with E-state index in [4.69, 9.17) is 4.98 Å². The van der Waals surface area contributed by atoms with Crippen LogP contribution in [-0.2, 0) is 16.4 Å². The number of phenolic OH excluding ortho intramolecular Hbond substituents is 1. The second-order valence-corrected chi connectivity index (χ2v) is 11.0. The maximum atomic E-state index is 11.7. The van der Waals surface area contributed by atoms with E-state index in [-0.39, 0.29) is 11.5 Å².